The molecular weight excluding hydrogens is 322 g/mol. The third kappa shape index (κ3) is 4.46. The number of carbonyl (C=O) groups is 2. The Morgan fingerprint density at radius 3 is 2.64 bits per heavy atom. The molecule has 1 aliphatic heterocycles. The van der Waals surface area contributed by atoms with Crippen LogP contribution in [0.15, 0.2) is 36.8 Å². The number of piperazine rings is 1. The summed E-state index contributed by atoms with van der Waals surface area (Å²) in [6, 6.07) is 5.55. The Morgan fingerprint density at radius 2 is 2.00 bits per heavy atom. The van der Waals surface area contributed by atoms with Gasteiger partial charge >= 0.3 is 6.03 Å². The highest BCUT2D eigenvalue weighted by atomic mass is 16.2. The van der Waals surface area contributed by atoms with Gasteiger partial charge in [0.1, 0.15) is 5.82 Å². The first-order valence-electron chi connectivity index (χ1n) is 8.09. The molecule has 0 aromatic carbocycles. The minimum atomic E-state index is -0.284. The van der Waals surface area contributed by atoms with E-state index in [2.05, 4.69) is 25.6 Å². The first-order valence-corrected chi connectivity index (χ1v) is 8.09. The van der Waals surface area contributed by atoms with Gasteiger partial charge in [-0.05, 0) is 12.1 Å². The lowest BCUT2D eigenvalue weighted by Crippen LogP contribution is -2.52. The summed E-state index contributed by atoms with van der Waals surface area (Å²) in [7, 11) is 1.77. The summed E-state index contributed by atoms with van der Waals surface area (Å²) in [5.74, 6) is 0.631. The van der Waals surface area contributed by atoms with Gasteiger partial charge in [0.05, 0.1) is 18.4 Å². The molecular formula is C16H21N7O2. The molecule has 0 saturated carbocycles. The summed E-state index contributed by atoms with van der Waals surface area (Å²) in [5, 5.41) is 9.29. The van der Waals surface area contributed by atoms with Crippen molar-refractivity contribution in [2.24, 2.45) is 7.05 Å². The third-order valence-corrected chi connectivity index (χ3v) is 3.93. The number of urea groups is 1. The molecule has 0 unspecified atom stereocenters. The van der Waals surface area contributed by atoms with Gasteiger partial charge in [-0.15, -0.1) is 0 Å². The number of nitrogens with one attached hydrogen (secondary N) is 2. The van der Waals surface area contributed by atoms with Crippen LogP contribution in [0.25, 0.3) is 0 Å². The molecule has 1 fully saturated rings. The number of anilines is 2. The van der Waals surface area contributed by atoms with E-state index in [1.165, 1.54) is 0 Å². The van der Waals surface area contributed by atoms with Crippen LogP contribution in [0.5, 0.6) is 0 Å². The fourth-order valence-electron chi connectivity index (χ4n) is 2.64. The SMILES string of the molecule is Cn1cc(NC(=O)CNC(=O)N2CCN(c3ccccn3)CC2)cn1. The van der Waals surface area contributed by atoms with E-state index in [0.717, 1.165) is 5.82 Å². The number of nitrogens with zero attached hydrogens (tertiary/aromatic N) is 5. The molecule has 2 aromatic heterocycles. The number of hydrogen-bond donors (Lipinski definition) is 2. The summed E-state index contributed by atoms with van der Waals surface area (Å²) in [4.78, 5) is 32.2. The molecule has 2 aromatic rings. The zero-order chi connectivity index (χ0) is 17.6. The summed E-state index contributed by atoms with van der Waals surface area (Å²) >= 11 is 0. The van der Waals surface area contributed by atoms with Crippen LogP contribution >= 0.6 is 0 Å². The second kappa shape index (κ2) is 7.65. The smallest absolute Gasteiger partial charge is 0.317 e. The Kier molecular flexibility index (Phi) is 5.12. The predicted molar refractivity (Wildman–Crippen MR) is 93.3 cm³/mol. The second-order valence-corrected chi connectivity index (χ2v) is 5.77. The topological polar surface area (TPSA) is 95.4 Å². The molecule has 0 aliphatic carbocycles. The molecule has 9 nitrogen and oxygen atoms in total. The molecule has 1 saturated heterocycles. The maximum atomic E-state index is 12.2. The van der Waals surface area contributed by atoms with Gasteiger partial charge in [-0.2, -0.15) is 5.10 Å². The molecule has 0 radical (unpaired) electrons. The number of aromatic nitrogens is 3. The first-order chi connectivity index (χ1) is 12.1. The zero-order valence-corrected chi connectivity index (χ0v) is 14.1. The van der Waals surface area contributed by atoms with E-state index in [4.69, 9.17) is 0 Å². The van der Waals surface area contributed by atoms with Crippen molar-refractivity contribution in [2.45, 2.75) is 0 Å². The maximum Gasteiger partial charge on any atom is 0.317 e. The van der Waals surface area contributed by atoms with Gasteiger partial charge in [0, 0.05) is 45.6 Å². The third-order valence-electron chi connectivity index (χ3n) is 3.93. The standard InChI is InChI=1S/C16H21N7O2/c1-21-12-13(10-19-21)20-15(24)11-18-16(25)23-8-6-22(7-9-23)14-4-2-3-5-17-14/h2-5,10,12H,6-9,11H2,1H3,(H,18,25)(H,20,24). The lowest BCUT2D eigenvalue weighted by atomic mass is 10.3. The normalized spacial score (nSPS) is 14.3. The second-order valence-electron chi connectivity index (χ2n) is 5.77. The van der Waals surface area contributed by atoms with Gasteiger partial charge in [0.15, 0.2) is 0 Å². The number of rotatable bonds is 4. The van der Waals surface area contributed by atoms with Crippen molar-refractivity contribution in [3.05, 3.63) is 36.8 Å². The van der Waals surface area contributed by atoms with E-state index in [9.17, 15) is 9.59 Å². The number of hydrogen-bond acceptors (Lipinski definition) is 5. The summed E-state index contributed by atoms with van der Waals surface area (Å²) < 4.78 is 1.59. The van der Waals surface area contributed by atoms with Crippen molar-refractivity contribution in [3.8, 4) is 0 Å². The molecule has 9 heteroatoms. The van der Waals surface area contributed by atoms with E-state index in [-0.39, 0.29) is 18.5 Å². The number of amides is 3. The van der Waals surface area contributed by atoms with Crippen LogP contribution in [0, 0.1) is 0 Å². The maximum absolute atomic E-state index is 12.2. The number of aryl methyl sites for hydroxylation is 1. The van der Waals surface area contributed by atoms with Gasteiger partial charge in [-0.3, -0.25) is 9.48 Å². The first kappa shape index (κ1) is 16.7. The molecule has 3 rings (SSSR count). The molecule has 0 atom stereocenters. The highest BCUT2D eigenvalue weighted by Gasteiger charge is 2.22. The Hall–Kier alpha value is -3.10. The van der Waals surface area contributed by atoms with Crippen molar-refractivity contribution in [2.75, 3.05) is 42.9 Å². The average Bonchev–Trinajstić information content (AvgIpc) is 3.05. The largest absolute Gasteiger partial charge is 0.353 e. The lowest BCUT2D eigenvalue weighted by molar-refractivity contribution is -0.115. The Labute approximate surface area is 145 Å². The molecule has 132 valence electrons. The molecule has 0 bridgehead atoms. The fourth-order valence-corrected chi connectivity index (χ4v) is 2.64. The number of carbonyl (C=O) groups excluding carboxylic acids is 2. The number of pyridine rings is 1. The average molecular weight is 343 g/mol. The molecule has 25 heavy (non-hydrogen) atoms. The minimum Gasteiger partial charge on any atom is -0.353 e. The minimum absolute atomic E-state index is 0.0752. The summed E-state index contributed by atoms with van der Waals surface area (Å²) in [6.07, 6.45) is 5.00. The molecule has 3 amide bonds. The van der Waals surface area contributed by atoms with Crippen LogP contribution in [-0.4, -0.2) is 64.3 Å². The van der Waals surface area contributed by atoms with E-state index < -0.39 is 0 Å². The van der Waals surface area contributed by atoms with Crippen LogP contribution < -0.4 is 15.5 Å². The van der Waals surface area contributed by atoms with E-state index in [0.29, 0.717) is 31.9 Å². The molecule has 3 heterocycles. The van der Waals surface area contributed by atoms with Crippen LogP contribution in [0.4, 0.5) is 16.3 Å². The molecule has 2 N–H and O–H groups in total. The van der Waals surface area contributed by atoms with Crippen molar-refractivity contribution in [3.63, 3.8) is 0 Å². The highest BCUT2D eigenvalue weighted by molar-refractivity contribution is 5.94. The zero-order valence-electron chi connectivity index (χ0n) is 14.1. The van der Waals surface area contributed by atoms with Crippen LogP contribution in [0.1, 0.15) is 0 Å². The van der Waals surface area contributed by atoms with Crippen molar-refractivity contribution < 1.29 is 9.59 Å². The van der Waals surface area contributed by atoms with Gasteiger partial charge in [-0.1, -0.05) is 6.07 Å². The Morgan fingerprint density at radius 1 is 1.20 bits per heavy atom. The van der Waals surface area contributed by atoms with E-state index in [1.807, 2.05) is 18.2 Å². The van der Waals surface area contributed by atoms with Crippen molar-refractivity contribution in [1.29, 1.82) is 0 Å². The van der Waals surface area contributed by atoms with Crippen molar-refractivity contribution in [1.82, 2.24) is 25.0 Å². The lowest BCUT2D eigenvalue weighted by Gasteiger charge is -2.35. The van der Waals surface area contributed by atoms with Gasteiger partial charge in [-0.25, -0.2) is 9.78 Å². The Balaban J connectivity index is 1.41. The Bertz CT molecular complexity index is 723. The predicted octanol–water partition coefficient (Wildman–Crippen LogP) is 0.285. The highest BCUT2D eigenvalue weighted by Crippen LogP contribution is 2.12. The monoisotopic (exact) mass is 343 g/mol. The van der Waals surface area contributed by atoms with Gasteiger partial charge < -0.3 is 20.4 Å². The van der Waals surface area contributed by atoms with Crippen LogP contribution in [0.2, 0.25) is 0 Å². The fraction of sp³-hybridized carbons (Fsp3) is 0.375. The van der Waals surface area contributed by atoms with Gasteiger partial charge in [0.25, 0.3) is 0 Å². The summed E-state index contributed by atoms with van der Waals surface area (Å²) in [5.41, 5.74) is 0.603. The summed E-state index contributed by atoms with van der Waals surface area (Å²) in [6.45, 7) is 2.53. The van der Waals surface area contributed by atoms with Gasteiger partial charge in [0.2, 0.25) is 5.91 Å². The van der Waals surface area contributed by atoms with E-state index >= 15 is 0 Å². The van der Waals surface area contributed by atoms with Crippen LogP contribution in [0.3, 0.4) is 0 Å². The quantitative estimate of drug-likeness (QED) is 0.832. The molecule has 1 aliphatic rings. The van der Waals surface area contributed by atoms with E-state index in [1.54, 1.807) is 35.2 Å². The van der Waals surface area contributed by atoms with Crippen LogP contribution in [-0.2, 0) is 11.8 Å². The van der Waals surface area contributed by atoms with Crippen molar-refractivity contribution >= 4 is 23.4 Å². The molecule has 0 spiro atoms.